The van der Waals surface area contributed by atoms with Gasteiger partial charge in [-0.2, -0.15) is 0 Å². The third-order valence-corrected chi connectivity index (χ3v) is 3.15. The van der Waals surface area contributed by atoms with Crippen LogP contribution in [0.2, 0.25) is 0 Å². The summed E-state index contributed by atoms with van der Waals surface area (Å²) in [5.74, 6) is 5.14. The highest BCUT2D eigenvalue weighted by atomic mass is 16.1. The minimum absolute atomic E-state index is 0.255. The quantitative estimate of drug-likeness (QED) is 0.504. The van der Waals surface area contributed by atoms with Crippen molar-refractivity contribution in [3.8, 4) is 0 Å². The van der Waals surface area contributed by atoms with Gasteiger partial charge in [-0.1, -0.05) is 12.1 Å². The molecule has 2 aromatic heterocycles. The van der Waals surface area contributed by atoms with Gasteiger partial charge in [0, 0.05) is 35.1 Å². The molecule has 0 saturated carbocycles. The van der Waals surface area contributed by atoms with Crippen LogP contribution in [0, 0.1) is 0 Å². The zero-order chi connectivity index (χ0) is 14.7. The maximum Gasteiger partial charge on any atom is 0.257 e. The van der Waals surface area contributed by atoms with E-state index in [1.165, 1.54) is 6.20 Å². The minimum Gasteiger partial charge on any atom is -0.322 e. The van der Waals surface area contributed by atoms with Gasteiger partial charge in [-0.15, -0.1) is 0 Å². The molecule has 3 rings (SSSR count). The highest BCUT2D eigenvalue weighted by Crippen LogP contribution is 2.23. The van der Waals surface area contributed by atoms with Crippen LogP contribution in [0.4, 0.5) is 11.4 Å². The molecule has 0 aliphatic carbocycles. The van der Waals surface area contributed by atoms with Crippen molar-refractivity contribution in [1.82, 2.24) is 9.97 Å². The number of nitrogens with zero attached hydrogens (tertiary/aromatic N) is 2. The molecule has 0 aliphatic heterocycles. The van der Waals surface area contributed by atoms with Crippen molar-refractivity contribution in [2.75, 3.05) is 10.7 Å². The first-order valence-electron chi connectivity index (χ1n) is 6.34. The van der Waals surface area contributed by atoms with Crippen LogP contribution in [0.15, 0.2) is 55.1 Å². The Balaban J connectivity index is 1.97. The number of nitrogen functional groups attached to an aromatic ring is 1. The lowest BCUT2D eigenvalue weighted by molar-refractivity contribution is 0.102. The monoisotopic (exact) mass is 279 g/mol. The van der Waals surface area contributed by atoms with Crippen molar-refractivity contribution in [3.63, 3.8) is 0 Å². The summed E-state index contributed by atoms with van der Waals surface area (Å²) in [6.07, 6.45) is 6.49. The number of aromatic nitrogens is 2. The van der Waals surface area contributed by atoms with Crippen LogP contribution in [-0.4, -0.2) is 15.9 Å². The molecule has 0 aliphatic rings. The molecule has 6 nitrogen and oxygen atoms in total. The molecular formula is C15H13N5O. The summed E-state index contributed by atoms with van der Waals surface area (Å²) in [6, 6.07) is 9.12. The van der Waals surface area contributed by atoms with Gasteiger partial charge in [-0.25, -0.2) is 0 Å². The Morgan fingerprint density at radius 2 is 1.81 bits per heavy atom. The van der Waals surface area contributed by atoms with E-state index in [0.29, 0.717) is 11.3 Å². The Morgan fingerprint density at radius 3 is 2.67 bits per heavy atom. The van der Waals surface area contributed by atoms with E-state index in [4.69, 9.17) is 5.84 Å². The van der Waals surface area contributed by atoms with Gasteiger partial charge >= 0.3 is 0 Å². The van der Waals surface area contributed by atoms with Gasteiger partial charge in [0.05, 0.1) is 17.4 Å². The number of nitrogens with one attached hydrogen (secondary N) is 2. The fraction of sp³-hybridized carbons (Fsp3) is 0. The van der Waals surface area contributed by atoms with E-state index in [1.807, 2.05) is 24.3 Å². The Labute approximate surface area is 121 Å². The summed E-state index contributed by atoms with van der Waals surface area (Å²) in [7, 11) is 0. The van der Waals surface area contributed by atoms with E-state index in [1.54, 1.807) is 24.7 Å². The molecular weight excluding hydrogens is 266 g/mol. The number of pyridine rings is 2. The zero-order valence-electron chi connectivity index (χ0n) is 11.1. The first-order valence-corrected chi connectivity index (χ1v) is 6.34. The Morgan fingerprint density at radius 1 is 1.00 bits per heavy atom. The van der Waals surface area contributed by atoms with Crippen LogP contribution in [-0.2, 0) is 0 Å². The molecule has 0 fully saturated rings. The number of benzene rings is 1. The lowest BCUT2D eigenvalue weighted by Gasteiger charge is -2.10. The first-order chi connectivity index (χ1) is 10.3. The number of anilines is 2. The summed E-state index contributed by atoms with van der Waals surface area (Å²) in [6.45, 7) is 0. The second-order valence-corrected chi connectivity index (χ2v) is 4.42. The van der Waals surface area contributed by atoms with Gasteiger partial charge in [-0.05, 0) is 18.2 Å². The van der Waals surface area contributed by atoms with Gasteiger partial charge in [0.25, 0.3) is 5.91 Å². The summed E-state index contributed by atoms with van der Waals surface area (Å²) >= 11 is 0. The van der Waals surface area contributed by atoms with Crippen molar-refractivity contribution >= 4 is 28.1 Å². The third kappa shape index (κ3) is 2.52. The molecule has 3 aromatic rings. The second-order valence-electron chi connectivity index (χ2n) is 4.42. The predicted octanol–water partition coefficient (Wildman–Crippen LogP) is 2.17. The summed E-state index contributed by atoms with van der Waals surface area (Å²) in [4.78, 5) is 20.4. The van der Waals surface area contributed by atoms with Crippen molar-refractivity contribution in [3.05, 3.63) is 60.7 Å². The molecule has 0 bridgehead atoms. The average Bonchev–Trinajstić information content (AvgIpc) is 2.55. The van der Waals surface area contributed by atoms with Crippen molar-refractivity contribution in [2.45, 2.75) is 0 Å². The number of nitrogens with two attached hydrogens (primary N) is 1. The lowest BCUT2D eigenvalue weighted by Crippen LogP contribution is -2.17. The number of amides is 1. The number of carbonyl (C=O) groups is 1. The van der Waals surface area contributed by atoms with Crippen LogP contribution in [0.25, 0.3) is 10.8 Å². The molecule has 0 saturated heterocycles. The molecule has 0 unspecified atom stereocenters. The molecule has 1 amide bonds. The lowest BCUT2D eigenvalue weighted by atomic mass is 10.1. The first kappa shape index (κ1) is 13.0. The fourth-order valence-electron chi connectivity index (χ4n) is 2.13. The molecule has 21 heavy (non-hydrogen) atoms. The summed E-state index contributed by atoms with van der Waals surface area (Å²) in [5, 5.41) is 4.77. The Hall–Kier alpha value is -2.99. The van der Waals surface area contributed by atoms with Crippen LogP contribution in [0.3, 0.4) is 0 Å². The normalized spacial score (nSPS) is 10.3. The van der Waals surface area contributed by atoms with Crippen molar-refractivity contribution in [2.24, 2.45) is 5.84 Å². The van der Waals surface area contributed by atoms with Crippen LogP contribution in [0.5, 0.6) is 0 Å². The number of rotatable bonds is 3. The van der Waals surface area contributed by atoms with Crippen molar-refractivity contribution < 1.29 is 4.79 Å². The number of fused-ring (bicyclic) bond motifs is 1. The average molecular weight is 279 g/mol. The van der Waals surface area contributed by atoms with Gasteiger partial charge < -0.3 is 10.7 Å². The fourth-order valence-corrected chi connectivity index (χ4v) is 2.13. The standard InChI is InChI=1S/C15H13N5O/c16-20-14-9-18-7-5-12(14)15(21)19-13-3-1-2-10-8-17-6-4-11(10)13/h1-9,20H,16H2,(H,19,21). The maximum absolute atomic E-state index is 12.4. The molecule has 1 aromatic carbocycles. The second kappa shape index (κ2) is 5.56. The summed E-state index contributed by atoms with van der Waals surface area (Å²) < 4.78 is 0. The van der Waals surface area contributed by atoms with Crippen LogP contribution in [0.1, 0.15) is 10.4 Å². The number of hydrogen-bond acceptors (Lipinski definition) is 5. The highest BCUT2D eigenvalue weighted by Gasteiger charge is 2.12. The van der Waals surface area contributed by atoms with E-state index in [-0.39, 0.29) is 5.91 Å². The van der Waals surface area contributed by atoms with E-state index in [2.05, 4.69) is 20.7 Å². The van der Waals surface area contributed by atoms with Gasteiger partial charge in [0.2, 0.25) is 0 Å². The zero-order valence-corrected chi connectivity index (χ0v) is 11.1. The van der Waals surface area contributed by atoms with E-state index < -0.39 is 0 Å². The van der Waals surface area contributed by atoms with Gasteiger partial charge in [0.15, 0.2) is 0 Å². The topological polar surface area (TPSA) is 92.9 Å². The van der Waals surface area contributed by atoms with E-state index in [9.17, 15) is 4.79 Å². The molecule has 6 heteroatoms. The van der Waals surface area contributed by atoms with Crippen LogP contribution < -0.4 is 16.6 Å². The molecule has 2 heterocycles. The number of hydrazine groups is 1. The van der Waals surface area contributed by atoms with Gasteiger partial charge in [0.1, 0.15) is 0 Å². The van der Waals surface area contributed by atoms with E-state index in [0.717, 1.165) is 16.5 Å². The Bertz CT molecular complexity index is 797. The molecule has 4 N–H and O–H groups in total. The smallest absolute Gasteiger partial charge is 0.257 e. The predicted molar refractivity (Wildman–Crippen MR) is 81.7 cm³/mol. The van der Waals surface area contributed by atoms with E-state index >= 15 is 0 Å². The highest BCUT2D eigenvalue weighted by molar-refractivity contribution is 6.11. The third-order valence-electron chi connectivity index (χ3n) is 3.15. The number of carbonyl (C=O) groups excluding carboxylic acids is 1. The SMILES string of the molecule is NNc1cnccc1C(=O)Nc1cccc2cnccc12. The molecule has 0 spiro atoms. The van der Waals surface area contributed by atoms with Crippen LogP contribution >= 0.6 is 0 Å². The molecule has 0 radical (unpaired) electrons. The number of hydrogen-bond donors (Lipinski definition) is 3. The molecule has 104 valence electrons. The largest absolute Gasteiger partial charge is 0.322 e. The van der Waals surface area contributed by atoms with Crippen molar-refractivity contribution in [1.29, 1.82) is 0 Å². The minimum atomic E-state index is -0.255. The maximum atomic E-state index is 12.4. The van der Waals surface area contributed by atoms with Gasteiger partial charge in [-0.3, -0.25) is 20.6 Å². The summed E-state index contributed by atoms with van der Waals surface area (Å²) in [5.41, 5.74) is 4.09. The Kier molecular flexibility index (Phi) is 3.44. The molecule has 0 atom stereocenters.